The highest BCUT2D eigenvalue weighted by Crippen LogP contribution is 2.32. The lowest BCUT2D eigenvalue weighted by atomic mass is 9.99. The van der Waals surface area contributed by atoms with Crippen molar-refractivity contribution in [3.8, 4) is 12.0 Å². The van der Waals surface area contributed by atoms with Crippen molar-refractivity contribution in [3.05, 3.63) is 46.9 Å². The molecule has 31 heavy (non-hydrogen) atoms. The van der Waals surface area contributed by atoms with E-state index in [0.29, 0.717) is 18.5 Å². The predicted molar refractivity (Wildman–Crippen MR) is 126 cm³/mol. The molecule has 0 bridgehead atoms. The number of halogens is 1. The van der Waals surface area contributed by atoms with E-state index in [0.717, 1.165) is 5.57 Å². The van der Waals surface area contributed by atoms with Crippen molar-refractivity contribution < 1.29 is 9.13 Å². The van der Waals surface area contributed by atoms with Gasteiger partial charge >= 0.3 is 0 Å². The molecule has 172 valence electrons. The minimum atomic E-state index is -0.389. The summed E-state index contributed by atoms with van der Waals surface area (Å²) in [6, 6.07) is 2.93. The molecule has 0 saturated carbocycles. The highest BCUT2D eigenvalue weighted by atomic mass is 19.1. The lowest BCUT2D eigenvalue weighted by Crippen LogP contribution is -2.42. The molecule has 8 heteroatoms. The van der Waals surface area contributed by atoms with Gasteiger partial charge in [0, 0.05) is 37.3 Å². The van der Waals surface area contributed by atoms with E-state index >= 15 is 4.39 Å². The maximum Gasteiger partial charge on any atom is 0.168 e. The highest BCUT2D eigenvalue weighted by Gasteiger charge is 2.23. The van der Waals surface area contributed by atoms with Gasteiger partial charge in [0.15, 0.2) is 11.6 Å². The maximum atomic E-state index is 15.5. The molecule has 0 aromatic carbocycles. The van der Waals surface area contributed by atoms with Crippen LogP contribution in [0.3, 0.4) is 0 Å². The first kappa shape index (κ1) is 26.3. The number of likely N-dealkylation sites (N-methyl/N-ethyl adjacent to an activating group) is 1. The summed E-state index contributed by atoms with van der Waals surface area (Å²) in [6.07, 6.45) is 7.24. The van der Waals surface area contributed by atoms with Crippen LogP contribution in [0.1, 0.15) is 33.6 Å². The summed E-state index contributed by atoms with van der Waals surface area (Å²) in [5.74, 6) is 3.28. The van der Waals surface area contributed by atoms with Crippen molar-refractivity contribution in [3.63, 3.8) is 0 Å². The molecule has 1 aliphatic carbocycles. The zero-order valence-electron chi connectivity index (χ0n) is 19.3. The average Bonchev–Trinajstić information content (AvgIpc) is 2.89. The second-order valence-corrected chi connectivity index (χ2v) is 7.87. The molecule has 0 aliphatic heterocycles. The molecular weight excluding hydrogens is 395 g/mol. The normalized spacial score (nSPS) is 17.1. The second-order valence-electron chi connectivity index (χ2n) is 7.87. The summed E-state index contributed by atoms with van der Waals surface area (Å²) in [6.45, 7) is 6.70. The van der Waals surface area contributed by atoms with E-state index in [1.807, 2.05) is 51.9 Å². The summed E-state index contributed by atoms with van der Waals surface area (Å²) in [4.78, 5) is 5.93. The van der Waals surface area contributed by atoms with E-state index in [1.54, 1.807) is 6.21 Å². The second kappa shape index (κ2) is 13.5. The summed E-state index contributed by atoms with van der Waals surface area (Å²) in [7, 11) is 3.81. The first-order valence-electron chi connectivity index (χ1n) is 10.5. The van der Waals surface area contributed by atoms with E-state index in [9.17, 15) is 0 Å². The third kappa shape index (κ3) is 8.87. The summed E-state index contributed by atoms with van der Waals surface area (Å²) < 4.78 is 21.5. The zero-order valence-corrected chi connectivity index (χ0v) is 19.3. The molecule has 0 amide bonds. The number of nitrogens with zero attached hydrogens (tertiary/aromatic N) is 2. The number of rotatable bonds is 10. The van der Waals surface area contributed by atoms with Crippen LogP contribution >= 0.6 is 0 Å². The van der Waals surface area contributed by atoms with Crippen LogP contribution in [0, 0.1) is 23.8 Å². The standard InChI is InChI=1S/C23H37FN6O/c1-16(2)19-8-6-7-18(10-12-28-20(27)14-26)22(24)23(19)31-15-21(30(4)5)29-11-9-17(3)13-25/h7-8,12,14,16-17,21,29H,6,10,13,15,25-27H2,1-5H3/b20-14-,28-12-/t17-,21?/m1/s1. The van der Waals surface area contributed by atoms with E-state index in [1.165, 1.54) is 6.20 Å². The summed E-state index contributed by atoms with van der Waals surface area (Å²) >= 11 is 0. The van der Waals surface area contributed by atoms with Crippen LogP contribution in [0.4, 0.5) is 4.39 Å². The molecule has 0 fully saturated rings. The largest absolute Gasteiger partial charge is 0.487 e. The fraction of sp³-hybridized carbons (Fsp3) is 0.522. The van der Waals surface area contributed by atoms with Crippen molar-refractivity contribution in [1.29, 1.82) is 0 Å². The fourth-order valence-corrected chi connectivity index (χ4v) is 2.68. The van der Waals surface area contributed by atoms with Gasteiger partial charge in [0.25, 0.3) is 0 Å². The van der Waals surface area contributed by atoms with Gasteiger partial charge in [0.1, 0.15) is 18.6 Å². The molecule has 0 aromatic rings. The Kier molecular flexibility index (Phi) is 11.5. The first-order chi connectivity index (χ1) is 14.7. The van der Waals surface area contributed by atoms with E-state index in [2.05, 4.69) is 22.3 Å². The van der Waals surface area contributed by atoms with Crippen LogP contribution in [-0.4, -0.2) is 44.5 Å². The quantitative estimate of drug-likeness (QED) is 0.182. The zero-order chi connectivity index (χ0) is 23.4. The van der Waals surface area contributed by atoms with Gasteiger partial charge in [-0.05, 0) is 37.6 Å². The predicted octanol–water partition coefficient (Wildman–Crippen LogP) is 2.31. The Morgan fingerprint density at radius 3 is 2.65 bits per heavy atom. The van der Waals surface area contributed by atoms with Crippen LogP contribution in [0.25, 0.3) is 0 Å². The van der Waals surface area contributed by atoms with E-state index in [-0.39, 0.29) is 48.4 Å². The first-order valence-corrected chi connectivity index (χ1v) is 10.5. The van der Waals surface area contributed by atoms with E-state index < -0.39 is 0 Å². The number of ether oxygens (including phenoxy) is 1. The van der Waals surface area contributed by atoms with Crippen LogP contribution in [0.5, 0.6) is 0 Å². The lowest BCUT2D eigenvalue weighted by Gasteiger charge is -2.26. The van der Waals surface area contributed by atoms with Crippen LogP contribution in [-0.2, 0) is 4.74 Å². The van der Waals surface area contributed by atoms with Crippen LogP contribution in [0.2, 0.25) is 0 Å². The average molecular weight is 433 g/mol. The lowest BCUT2D eigenvalue weighted by molar-refractivity contribution is 0.118. The number of nitrogens with two attached hydrogens (primary N) is 3. The van der Waals surface area contributed by atoms with Gasteiger partial charge < -0.3 is 27.3 Å². The Hall–Kier alpha value is -2.76. The number of nitrogens with one attached hydrogen (secondary N) is 1. The number of hydrogen-bond donors (Lipinski definition) is 4. The Morgan fingerprint density at radius 2 is 2.06 bits per heavy atom. The number of aliphatic imine (C=N–C) groups is 1. The Morgan fingerprint density at radius 1 is 1.35 bits per heavy atom. The topological polar surface area (TPSA) is 115 Å². The van der Waals surface area contributed by atoms with Gasteiger partial charge in [-0.15, -0.1) is 0 Å². The summed E-state index contributed by atoms with van der Waals surface area (Å²) in [5, 5.41) is 3.11. The number of hydrogen-bond acceptors (Lipinski definition) is 7. The van der Waals surface area contributed by atoms with Gasteiger partial charge in [-0.3, -0.25) is 4.90 Å². The van der Waals surface area contributed by atoms with Crippen molar-refractivity contribution >= 4 is 6.21 Å². The highest BCUT2D eigenvalue weighted by molar-refractivity contribution is 5.65. The molecular formula is C23H37FN6O. The smallest absolute Gasteiger partial charge is 0.168 e. The molecule has 0 aromatic heterocycles. The molecule has 7 N–H and O–H groups in total. The molecule has 0 heterocycles. The molecule has 1 unspecified atom stereocenters. The van der Waals surface area contributed by atoms with Crippen LogP contribution < -0.4 is 22.5 Å². The maximum absolute atomic E-state index is 15.5. The van der Waals surface area contributed by atoms with Gasteiger partial charge in [-0.2, -0.15) is 0 Å². The monoisotopic (exact) mass is 432 g/mol. The molecule has 0 radical (unpaired) electrons. The fourth-order valence-electron chi connectivity index (χ4n) is 2.68. The molecule has 7 nitrogen and oxygen atoms in total. The van der Waals surface area contributed by atoms with Crippen molar-refractivity contribution in [2.45, 2.75) is 39.8 Å². The molecule has 0 saturated heterocycles. The summed E-state index contributed by atoms with van der Waals surface area (Å²) in [5.41, 5.74) is 17.8. The van der Waals surface area contributed by atoms with Crippen molar-refractivity contribution in [2.24, 2.45) is 34.0 Å². The molecule has 2 atom stereocenters. The SMILES string of the molecule is CC(C)C1=CCC=C(C/C=N\C(N)=C/N)C(F)=C1OCC(NC#C[C@@H](C)CN)N(C)C. The van der Waals surface area contributed by atoms with Gasteiger partial charge in [0.2, 0.25) is 0 Å². The van der Waals surface area contributed by atoms with Crippen LogP contribution in [0.15, 0.2) is 51.9 Å². The van der Waals surface area contributed by atoms with Gasteiger partial charge in [-0.1, -0.05) is 38.8 Å². The Bertz CT molecular complexity index is 799. The third-order valence-electron chi connectivity index (χ3n) is 4.71. The third-order valence-corrected chi connectivity index (χ3v) is 4.71. The Labute approximate surface area is 186 Å². The van der Waals surface area contributed by atoms with Gasteiger partial charge in [-0.25, -0.2) is 9.38 Å². The van der Waals surface area contributed by atoms with Crippen molar-refractivity contribution in [2.75, 3.05) is 27.2 Å². The van der Waals surface area contributed by atoms with Crippen molar-refractivity contribution in [1.82, 2.24) is 10.2 Å². The van der Waals surface area contributed by atoms with E-state index in [4.69, 9.17) is 21.9 Å². The minimum absolute atomic E-state index is 0.0891. The molecule has 1 rings (SSSR count). The molecule has 0 spiro atoms. The van der Waals surface area contributed by atoms with Gasteiger partial charge in [0.05, 0.1) is 0 Å². The molecule has 1 aliphatic rings. The minimum Gasteiger partial charge on any atom is -0.487 e. The number of allylic oxidation sites excluding steroid dienone is 5. The Balaban J connectivity index is 3.06.